The van der Waals surface area contributed by atoms with Crippen LogP contribution in [-0.4, -0.2) is 41.5 Å². The van der Waals surface area contributed by atoms with Crippen molar-refractivity contribution in [3.05, 3.63) is 35.4 Å². The van der Waals surface area contributed by atoms with Crippen LogP contribution in [0.1, 0.15) is 35.2 Å². The van der Waals surface area contributed by atoms with Crippen LogP contribution in [-0.2, 0) is 0 Å². The van der Waals surface area contributed by atoms with Gasteiger partial charge < -0.3 is 5.11 Å². The fourth-order valence-electron chi connectivity index (χ4n) is 2.66. The largest absolute Gasteiger partial charge is 0.395 e. The molecule has 0 bridgehead atoms. The molecule has 1 saturated heterocycles. The van der Waals surface area contributed by atoms with E-state index >= 15 is 0 Å². The van der Waals surface area contributed by atoms with Crippen molar-refractivity contribution in [3.8, 4) is 0 Å². The Morgan fingerprint density at radius 1 is 1.44 bits per heavy atom. The molecule has 1 aliphatic heterocycles. The SMILES string of the molecule is Cc1ccccc1C(=O)CCN1CCCC1CO. The molecule has 1 N–H and O–H groups in total. The zero-order chi connectivity index (χ0) is 13.0. The second-order valence-electron chi connectivity index (χ2n) is 5.00. The quantitative estimate of drug-likeness (QED) is 0.809. The van der Waals surface area contributed by atoms with Crippen molar-refractivity contribution in [2.45, 2.75) is 32.2 Å². The van der Waals surface area contributed by atoms with E-state index in [2.05, 4.69) is 4.90 Å². The smallest absolute Gasteiger partial charge is 0.164 e. The minimum Gasteiger partial charge on any atom is -0.395 e. The van der Waals surface area contributed by atoms with Gasteiger partial charge in [0.05, 0.1) is 6.61 Å². The summed E-state index contributed by atoms with van der Waals surface area (Å²) in [5.74, 6) is 0.205. The van der Waals surface area contributed by atoms with E-state index in [-0.39, 0.29) is 18.4 Å². The number of aryl methyl sites for hydroxylation is 1. The summed E-state index contributed by atoms with van der Waals surface area (Å²) < 4.78 is 0. The third-order valence-corrected chi connectivity index (χ3v) is 3.78. The van der Waals surface area contributed by atoms with E-state index in [1.54, 1.807) is 0 Å². The number of rotatable bonds is 5. The lowest BCUT2D eigenvalue weighted by atomic mass is 10.0. The van der Waals surface area contributed by atoms with Crippen LogP contribution in [0.15, 0.2) is 24.3 Å². The minimum absolute atomic E-state index is 0.205. The van der Waals surface area contributed by atoms with E-state index < -0.39 is 0 Å². The highest BCUT2D eigenvalue weighted by Gasteiger charge is 2.24. The molecule has 1 unspecified atom stereocenters. The Balaban J connectivity index is 1.91. The fraction of sp³-hybridized carbons (Fsp3) is 0.533. The molecule has 1 fully saturated rings. The molecular weight excluding hydrogens is 226 g/mol. The second-order valence-corrected chi connectivity index (χ2v) is 5.00. The molecule has 2 rings (SSSR count). The highest BCUT2D eigenvalue weighted by atomic mass is 16.3. The fourth-order valence-corrected chi connectivity index (χ4v) is 2.66. The third kappa shape index (κ3) is 2.98. The molecule has 3 nitrogen and oxygen atoms in total. The molecular formula is C15H21NO2. The van der Waals surface area contributed by atoms with Crippen molar-refractivity contribution < 1.29 is 9.90 Å². The lowest BCUT2D eigenvalue weighted by Crippen LogP contribution is -2.33. The monoisotopic (exact) mass is 247 g/mol. The molecule has 1 aliphatic rings. The van der Waals surface area contributed by atoms with Crippen molar-refractivity contribution in [1.82, 2.24) is 4.90 Å². The number of aliphatic hydroxyl groups is 1. The van der Waals surface area contributed by atoms with Gasteiger partial charge in [-0.1, -0.05) is 24.3 Å². The molecule has 3 heteroatoms. The molecule has 1 atom stereocenters. The molecule has 0 aliphatic carbocycles. The molecule has 0 spiro atoms. The number of nitrogens with zero attached hydrogens (tertiary/aromatic N) is 1. The average Bonchev–Trinajstić information content (AvgIpc) is 2.84. The number of hydrogen-bond acceptors (Lipinski definition) is 3. The number of carbonyl (C=O) groups excluding carboxylic acids is 1. The highest BCUT2D eigenvalue weighted by molar-refractivity contribution is 5.97. The molecule has 0 saturated carbocycles. The van der Waals surface area contributed by atoms with Gasteiger partial charge in [-0.05, 0) is 31.9 Å². The lowest BCUT2D eigenvalue weighted by Gasteiger charge is -2.22. The summed E-state index contributed by atoms with van der Waals surface area (Å²) in [5.41, 5.74) is 1.87. The maximum absolute atomic E-state index is 12.1. The third-order valence-electron chi connectivity index (χ3n) is 3.78. The van der Waals surface area contributed by atoms with E-state index in [1.165, 1.54) is 0 Å². The molecule has 1 aromatic carbocycles. The van der Waals surface area contributed by atoms with Gasteiger partial charge in [-0.3, -0.25) is 9.69 Å². The number of benzene rings is 1. The second kappa shape index (κ2) is 6.12. The van der Waals surface area contributed by atoms with Crippen LogP contribution in [0.3, 0.4) is 0 Å². The first kappa shape index (κ1) is 13.2. The lowest BCUT2D eigenvalue weighted by molar-refractivity contribution is 0.0945. The molecule has 0 amide bonds. The predicted octanol–water partition coefficient (Wildman–Crippen LogP) is 2.02. The summed E-state index contributed by atoms with van der Waals surface area (Å²) in [4.78, 5) is 14.4. The first-order valence-electron chi connectivity index (χ1n) is 6.66. The van der Waals surface area contributed by atoms with Gasteiger partial charge >= 0.3 is 0 Å². The Kier molecular flexibility index (Phi) is 4.50. The van der Waals surface area contributed by atoms with Crippen LogP contribution >= 0.6 is 0 Å². The Bertz CT molecular complexity index is 417. The average molecular weight is 247 g/mol. The Morgan fingerprint density at radius 3 is 2.94 bits per heavy atom. The van der Waals surface area contributed by atoms with Gasteiger partial charge in [0, 0.05) is 24.6 Å². The molecule has 18 heavy (non-hydrogen) atoms. The van der Waals surface area contributed by atoms with E-state index in [0.717, 1.165) is 37.1 Å². The molecule has 1 aromatic rings. The normalized spacial score (nSPS) is 20.2. The van der Waals surface area contributed by atoms with Crippen LogP contribution in [0.25, 0.3) is 0 Å². The van der Waals surface area contributed by atoms with Crippen molar-refractivity contribution in [3.63, 3.8) is 0 Å². The zero-order valence-electron chi connectivity index (χ0n) is 10.9. The Labute approximate surface area is 108 Å². The minimum atomic E-state index is 0.205. The number of likely N-dealkylation sites (tertiary alicyclic amines) is 1. The molecule has 1 heterocycles. The van der Waals surface area contributed by atoms with Gasteiger partial charge in [-0.2, -0.15) is 0 Å². The number of hydrogen-bond donors (Lipinski definition) is 1. The van der Waals surface area contributed by atoms with Gasteiger partial charge in [-0.15, -0.1) is 0 Å². The summed E-state index contributed by atoms with van der Waals surface area (Å²) in [7, 11) is 0. The summed E-state index contributed by atoms with van der Waals surface area (Å²) in [6.07, 6.45) is 2.72. The maximum atomic E-state index is 12.1. The van der Waals surface area contributed by atoms with Crippen molar-refractivity contribution in [2.24, 2.45) is 0 Å². The zero-order valence-corrected chi connectivity index (χ0v) is 10.9. The van der Waals surface area contributed by atoms with Crippen LogP contribution in [0, 0.1) is 6.92 Å². The number of ketones is 1. The van der Waals surface area contributed by atoms with Crippen LogP contribution < -0.4 is 0 Å². The van der Waals surface area contributed by atoms with Crippen molar-refractivity contribution in [2.75, 3.05) is 19.7 Å². The van der Waals surface area contributed by atoms with Gasteiger partial charge in [-0.25, -0.2) is 0 Å². The number of Topliss-reactive ketones (excluding diaryl/α,β-unsaturated/α-hetero) is 1. The van der Waals surface area contributed by atoms with E-state index in [4.69, 9.17) is 0 Å². The first-order valence-corrected chi connectivity index (χ1v) is 6.66. The molecule has 0 aromatic heterocycles. The number of carbonyl (C=O) groups is 1. The van der Waals surface area contributed by atoms with Gasteiger partial charge in [0.2, 0.25) is 0 Å². The topological polar surface area (TPSA) is 40.5 Å². The van der Waals surface area contributed by atoms with Crippen LogP contribution in [0.4, 0.5) is 0 Å². The molecule has 0 radical (unpaired) electrons. The van der Waals surface area contributed by atoms with E-state index in [9.17, 15) is 9.90 Å². The van der Waals surface area contributed by atoms with E-state index in [0.29, 0.717) is 6.42 Å². The maximum Gasteiger partial charge on any atom is 0.164 e. The number of aliphatic hydroxyl groups excluding tert-OH is 1. The van der Waals surface area contributed by atoms with Gasteiger partial charge in [0.25, 0.3) is 0 Å². The standard InChI is InChI=1S/C15H21NO2/c1-12-5-2-3-7-14(12)15(18)8-10-16-9-4-6-13(16)11-17/h2-3,5,7,13,17H,4,6,8-11H2,1H3. The van der Waals surface area contributed by atoms with Crippen LogP contribution in [0.5, 0.6) is 0 Å². The van der Waals surface area contributed by atoms with Gasteiger partial charge in [0.1, 0.15) is 0 Å². The highest BCUT2D eigenvalue weighted by Crippen LogP contribution is 2.18. The summed E-state index contributed by atoms with van der Waals surface area (Å²) in [6, 6.07) is 7.99. The van der Waals surface area contributed by atoms with Gasteiger partial charge in [0.15, 0.2) is 5.78 Å². The Hall–Kier alpha value is -1.19. The van der Waals surface area contributed by atoms with Crippen LogP contribution in [0.2, 0.25) is 0 Å². The van der Waals surface area contributed by atoms with Crippen molar-refractivity contribution in [1.29, 1.82) is 0 Å². The summed E-state index contributed by atoms with van der Waals surface area (Å²) in [6.45, 7) is 3.95. The Morgan fingerprint density at radius 2 is 2.22 bits per heavy atom. The molecule has 98 valence electrons. The van der Waals surface area contributed by atoms with E-state index in [1.807, 2.05) is 31.2 Å². The summed E-state index contributed by atoms with van der Waals surface area (Å²) in [5, 5.41) is 9.24. The first-order chi connectivity index (χ1) is 8.72. The summed E-state index contributed by atoms with van der Waals surface area (Å²) >= 11 is 0. The van der Waals surface area contributed by atoms with Crippen molar-refractivity contribution >= 4 is 5.78 Å². The predicted molar refractivity (Wildman–Crippen MR) is 71.8 cm³/mol.